The molecule has 0 saturated heterocycles. The lowest BCUT2D eigenvalue weighted by atomic mass is 9.88. The topological polar surface area (TPSA) is 0 Å². The molecule has 10 heavy (non-hydrogen) atoms. The van der Waals surface area contributed by atoms with Crippen molar-refractivity contribution in [2.24, 2.45) is 0 Å². The minimum absolute atomic E-state index is 1.22. The molecule has 0 radical (unpaired) electrons. The van der Waals surface area contributed by atoms with Crippen LogP contribution in [-0.2, 0) is 0 Å². The van der Waals surface area contributed by atoms with Gasteiger partial charge in [-0.25, -0.2) is 0 Å². The molecule has 1 rings (SSSR count). The van der Waals surface area contributed by atoms with Crippen LogP contribution in [0.3, 0.4) is 0 Å². The molecule has 0 aliphatic heterocycles. The number of hydrogen-bond acceptors (Lipinski definition) is 0. The molecule has 0 heterocycles. The van der Waals surface area contributed by atoms with Crippen LogP contribution in [0.4, 0.5) is 0 Å². The summed E-state index contributed by atoms with van der Waals surface area (Å²) in [4.78, 5) is 0. The maximum atomic E-state index is 4.06. The summed E-state index contributed by atoms with van der Waals surface area (Å²) in [6.45, 7) is 8.43. The van der Waals surface area contributed by atoms with Crippen LogP contribution in [0.2, 0.25) is 0 Å². The summed E-state index contributed by atoms with van der Waals surface area (Å²) in [5, 5.41) is 0. The van der Waals surface area contributed by atoms with E-state index in [0.29, 0.717) is 0 Å². The van der Waals surface area contributed by atoms with Crippen molar-refractivity contribution in [3.63, 3.8) is 0 Å². The highest BCUT2D eigenvalue weighted by molar-refractivity contribution is 5.33. The highest BCUT2D eigenvalue weighted by Gasteiger charge is 2.09. The smallest absolute Gasteiger partial charge is 0.0277 e. The molecular weight excluding hydrogens is 120 g/mol. The van der Waals surface area contributed by atoms with Crippen LogP contribution in [-0.4, -0.2) is 0 Å². The quantitative estimate of drug-likeness (QED) is 0.478. The lowest BCUT2D eigenvalue weighted by molar-refractivity contribution is 0.675. The molecule has 0 atom stereocenters. The second kappa shape index (κ2) is 3.05. The molecule has 1 saturated carbocycles. The van der Waals surface area contributed by atoms with E-state index in [-0.39, 0.29) is 0 Å². The number of rotatable bonds is 0. The Morgan fingerprint density at radius 3 is 2.20 bits per heavy atom. The van der Waals surface area contributed by atoms with E-state index in [9.17, 15) is 0 Å². The number of hydrogen-bond donors (Lipinski definition) is 0. The minimum atomic E-state index is 1.22. The molecule has 0 N–H and O–H groups in total. The average Bonchev–Trinajstić information content (AvgIpc) is 1.88. The Hall–Kier alpha value is -0.520. The van der Waals surface area contributed by atoms with Gasteiger partial charge in [-0.05, 0) is 45.1 Å². The van der Waals surface area contributed by atoms with Crippen molar-refractivity contribution in [2.45, 2.75) is 39.5 Å². The first-order chi connectivity index (χ1) is 4.72. The van der Waals surface area contributed by atoms with Crippen LogP contribution < -0.4 is 0 Å². The van der Waals surface area contributed by atoms with Crippen molar-refractivity contribution in [3.8, 4) is 0 Å². The maximum Gasteiger partial charge on any atom is -0.0277 e. The van der Waals surface area contributed by atoms with E-state index in [1.807, 2.05) is 0 Å². The Kier molecular flexibility index (Phi) is 2.31. The molecule has 1 aliphatic rings. The SMILES string of the molecule is C=C1CCCCC1=C(C)C. The third-order valence-corrected chi connectivity index (χ3v) is 2.19. The highest BCUT2D eigenvalue weighted by atomic mass is 14.1. The summed E-state index contributed by atoms with van der Waals surface area (Å²) in [7, 11) is 0. The Morgan fingerprint density at radius 1 is 1.20 bits per heavy atom. The Labute approximate surface area is 63.6 Å². The van der Waals surface area contributed by atoms with Gasteiger partial charge in [-0.1, -0.05) is 17.7 Å². The van der Waals surface area contributed by atoms with Crippen molar-refractivity contribution >= 4 is 0 Å². The molecule has 0 aromatic heterocycles. The van der Waals surface area contributed by atoms with Gasteiger partial charge in [-0.3, -0.25) is 0 Å². The van der Waals surface area contributed by atoms with Crippen LogP contribution in [0.1, 0.15) is 39.5 Å². The molecule has 0 amide bonds. The van der Waals surface area contributed by atoms with Crippen molar-refractivity contribution in [1.29, 1.82) is 0 Å². The van der Waals surface area contributed by atoms with Crippen molar-refractivity contribution < 1.29 is 0 Å². The molecule has 0 unspecified atom stereocenters. The molecule has 0 spiro atoms. The first-order valence-electron chi connectivity index (χ1n) is 4.06. The van der Waals surface area contributed by atoms with E-state index in [2.05, 4.69) is 20.4 Å². The molecule has 0 aromatic carbocycles. The first kappa shape index (κ1) is 7.59. The fourth-order valence-corrected chi connectivity index (χ4v) is 1.57. The largest absolute Gasteiger partial charge is 0.0956 e. The van der Waals surface area contributed by atoms with Crippen LogP contribution in [0.5, 0.6) is 0 Å². The zero-order valence-corrected chi connectivity index (χ0v) is 7.04. The van der Waals surface area contributed by atoms with E-state index in [1.165, 1.54) is 42.4 Å². The molecule has 1 aliphatic carbocycles. The highest BCUT2D eigenvalue weighted by Crippen LogP contribution is 2.29. The van der Waals surface area contributed by atoms with Crippen molar-refractivity contribution in [2.75, 3.05) is 0 Å². The molecular formula is C10H16. The molecule has 0 aromatic rings. The van der Waals surface area contributed by atoms with Crippen molar-refractivity contribution in [3.05, 3.63) is 23.3 Å². The molecule has 0 bridgehead atoms. The van der Waals surface area contributed by atoms with Gasteiger partial charge in [0.05, 0.1) is 0 Å². The summed E-state index contributed by atoms with van der Waals surface area (Å²) in [6.07, 6.45) is 5.19. The lowest BCUT2D eigenvalue weighted by Gasteiger charge is -2.18. The monoisotopic (exact) mass is 136 g/mol. The van der Waals surface area contributed by atoms with E-state index in [1.54, 1.807) is 0 Å². The molecule has 0 nitrogen and oxygen atoms in total. The Morgan fingerprint density at radius 2 is 1.80 bits per heavy atom. The van der Waals surface area contributed by atoms with Gasteiger partial charge in [0.1, 0.15) is 0 Å². The Bertz CT molecular complexity index is 168. The zero-order valence-electron chi connectivity index (χ0n) is 7.04. The van der Waals surface area contributed by atoms with Gasteiger partial charge in [-0.2, -0.15) is 0 Å². The number of allylic oxidation sites excluding steroid dienone is 3. The van der Waals surface area contributed by atoms with Crippen LogP contribution >= 0.6 is 0 Å². The summed E-state index contributed by atoms with van der Waals surface area (Å²) in [5.74, 6) is 0. The van der Waals surface area contributed by atoms with Gasteiger partial charge in [0.15, 0.2) is 0 Å². The van der Waals surface area contributed by atoms with Gasteiger partial charge < -0.3 is 0 Å². The van der Waals surface area contributed by atoms with E-state index >= 15 is 0 Å². The third kappa shape index (κ3) is 1.50. The summed E-state index contributed by atoms with van der Waals surface area (Å²) in [6, 6.07) is 0. The van der Waals surface area contributed by atoms with Gasteiger partial charge in [-0.15, -0.1) is 0 Å². The summed E-state index contributed by atoms with van der Waals surface area (Å²) in [5.41, 5.74) is 4.38. The molecule has 1 fully saturated rings. The van der Waals surface area contributed by atoms with Gasteiger partial charge >= 0.3 is 0 Å². The molecule has 56 valence electrons. The normalized spacial score (nSPS) is 19.4. The summed E-state index contributed by atoms with van der Waals surface area (Å²) >= 11 is 0. The predicted molar refractivity (Wildman–Crippen MR) is 46.0 cm³/mol. The van der Waals surface area contributed by atoms with Crippen molar-refractivity contribution in [1.82, 2.24) is 0 Å². The van der Waals surface area contributed by atoms with Gasteiger partial charge in [0.25, 0.3) is 0 Å². The van der Waals surface area contributed by atoms with Crippen LogP contribution in [0.15, 0.2) is 23.3 Å². The third-order valence-electron chi connectivity index (χ3n) is 2.19. The maximum absolute atomic E-state index is 4.06. The van der Waals surface area contributed by atoms with Crippen LogP contribution in [0, 0.1) is 0 Å². The zero-order chi connectivity index (χ0) is 7.56. The average molecular weight is 136 g/mol. The minimum Gasteiger partial charge on any atom is -0.0956 e. The van der Waals surface area contributed by atoms with Gasteiger partial charge in [0, 0.05) is 0 Å². The summed E-state index contributed by atoms with van der Waals surface area (Å²) < 4.78 is 0. The van der Waals surface area contributed by atoms with E-state index in [4.69, 9.17) is 0 Å². The first-order valence-corrected chi connectivity index (χ1v) is 4.06. The second-order valence-electron chi connectivity index (χ2n) is 3.29. The second-order valence-corrected chi connectivity index (χ2v) is 3.29. The fourth-order valence-electron chi connectivity index (χ4n) is 1.57. The molecule has 0 heteroatoms. The fraction of sp³-hybridized carbons (Fsp3) is 0.600. The van der Waals surface area contributed by atoms with Crippen LogP contribution in [0.25, 0.3) is 0 Å². The van der Waals surface area contributed by atoms with E-state index in [0.717, 1.165) is 0 Å². The van der Waals surface area contributed by atoms with E-state index < -0.39 is 0 Å². The lowest BCUT2D eigenvalue weighted by Crippen LogP contribution is -1.98. The Balaban J connectivity index is 2.75. The predicted octanol–water partition coefficient (Wildman–Crippen LogP) is 3.45. The van der Waals surface area contributed by atoms with Gasteiger partial charge in [0.2, 0.25) is 0 Å². The standard InChI is InChI=1S/C10H16/c1-8(2)10-7-5-4-6-9(10)3/h3-7H2,1-2H3.